The summed E-state index contributed by atoms with van der Waals surface area (Å²) < 4.78 is 26.0. The van der Waals surface area contributed by atoms with E-state index >= 15 is 0 Å². The number of ether oxygens (including phenoxy) is 4. The number of nitrogens with zero attached hydrogens (tertiary/aromatic N) is 4. The van der Waals surface area contributed by atoms with E-state index in [4.69, 9.17) is 18.9 Å². The van der Waals surface area contributed by atoms with Crippen LogP contribution in [0.1, 0.15) is 48.2 Å². The number of rotatable bonds is 8. The highest BCUT2D eigenvalue weighted by Gasteiger charge is 2.80. The maximum absolute atomic E-state index is 7.10. The molecule has 6 aliphatic rings. The molecule has 3 heterocycles. The average Bonchev–Trinajstić information content (AvgIpc) is 3.61. The van der Waals surface area contributed by atoms with Gasteiger partial charge in [-0.25, -0.2) is 0 Å². The van der Waals surface area contributed by atoms with Gasteiger partial charge in [0.2, 0.25) is 0 Å². The first-order chi connectivity index (χ1) is 19.1. The minimum absolute atomic E-state index is 0.0469. The first-order valence-electron chi connectivity index (χ1n) is 14.2. The largest absolute Gasteiger partial charge is 0.493 e. The van der Waals surface area contributed by atoms with Gasteiger partial charge in [0, 0.05) is 35.5 Å². The number of nitrogens with one attached hydrogen (secondary N) is 1. The van der Waals surface area contributed by atoms with Crippen molar-refractivity contribution < 1.29 is 18.9 Å². The minimum Gasteiger partial charge on any atom is -0.493 e. The Morgan fingerprint density at radius 3 is 2.79 bits per heavy atom. The predicted molar refractivity (Wildman–Crippen MR) is 141 cm³/mol. The van der Waals surface area contributed by atoms with Gasteiger partial charge in [-0.1, -0.05) is 41.6 Å². The van der Waals surface area contributed by atoms with Crippen molar-refractivity contribution in [2.45, 2.75) is 68.4 Å². The summed E-state index contributed by atoms with van der Waals surface area (Å²) in [5.41, 5.74) is 3.51. The lowest BCUT2D eigenvalue weighted by atomic mass is 9.35. The zero-order valence-electron chi connectivity index (χ0n) is 22.6. The van der Waals surface area contributed by atoms with Gasteiger partial charge in [-0.3, -0.25) is 4.90 Å². The van der Waals surface area contributed by atoms with E-state index in [1.54, 1.807) is 7.11 Å². The van der Waals surface area contributed by atoms with Crippen LogP contribution in [0.5, 0.6) is 11.5 Å². The fourth-order valence-corrected chi connectivity index (χ4v) is 9.56. The molecule has 3 aromatic rings. The van der Waals surface area contributed by atoms with Gasteiger partial charge in [-0.2, -0.15) is 5.21 Å². The fourth-order valence-electron chi connectivity index (χ4n) is 9.56. The second kappa shape index (κ2) is 8.49. The molecule has 0 amide bonds. The minimum atomic E-state index is -0.405. The molecule has 4 fully saturated rings. The van der Waals surface area contributed by atoms with Crippen LogP contribution in [0.2, 0.25) is 0 Å². The monoisotopic (exact) mass is 529 g/mol. The van der Waals surface area contributed by atoms with Gasteiger partial charge < -0.3 is 18.9 Å². The topological polar surface area (TPSA) is 94.6 Å². The third-order valence-electron chi connectivity index (χ3n) is 11.0. The Morgan fingerprint density at radius 2 is 2.00 bits per heavy atom. The molecule has 1 saturated heterocycles. The van der Waals surface area contributed by atoms with Crippen LogP contribution in [0.15, 0.2) is 42.5 Å². The lowest BCUT2D eigenvalue weighted by Gasteiger charge is -2.73. The van der Waals surface area contributed by atoms with Crippen molar-refractivity contribution in [1.82, 2.24) is 25.5 Å². The first-order valence-corrected chi connectivity index (χ1v) is 14.2. The third kappa shape index (κ3) is 2.98. The first kappa shape index (κ1) is 23.8. The number of hydrogen-bond acceptors (Lipinski definition) is 8. The molecule has 4 aliphatic carbocycles. The van der Waals surface area contributed by atoms with E-state index in [1.165, 1.54) is 16.7 Å². The Bertz CT molecular complexity index is 1390. The number of H-pyrrole nitrogens is 1. The molecule has 2 aromatic carbocycles. The van der Waals surface area contributed by atoms with Crippen molar-refractivity contribution in [3.05, 3.63) is 65.0 Å². The molecule has 39 heavy (non-hydrogen) atoms. The summed E-state index contributed by atoms with van der Waals surface area (Å²) in [6.07, 6.45) is 5.07. The summed E-state index contributed by atoms with van der Waals surface area (Å²) >= 11 is 0. The molecule has 9 rings (SSSR count). The maximum atomic E-state index is 7.10. The summed E-state index contributed by atoms with van der Waals surface area (Å²) in [6.45, 7) is 2.92. The van der Waals surface area contributed by atoms with Crippen LogP contribution in [-0.4, -0.2) is 70.6 Å². The molecular weight excluding hydrogens is 494 g/mol. The quantitative estimate of drug-likeness (QED) is 0.474. The van der Waals surface area contributed by atoms with Crippen molar-refractivity contribution in [1.29, 1.82) is 0 Å². The molecule has 0 radical (unpaired) electrons. The Morgan fingerprint density at radius 1 is 1.10 bits per heavy atom. The number of fused-ring (bicyclic) bond motifs is 2. The Balaban J connectivity index is 1.23. The Labute approximate surface area is 228 Å². The number of aromatic nitrogens is 4. The molecule has 1 aromatic heterocycles. The number of piperidine rings is 1. The molecule has 9 nitrogen and oxygen atoms in total. The lowest BCUT2D eigenvalue weighted by molar-refractivity contribution is -0.284. The van der Waals surface area contributed by atoms with Crippen LogP contribution in [0, 0.1) is 11.3 Å². The molecule has 6 atom stereocenters. The molecule has 3 saturated carbocycles. The van der Waals surface area contributed by atoms with Crippen molar-refractivity contribution in [2.24, 2.45) is 11.3 Å². The van der Waals surface area contributed by atoms with Crippen LogP contribution in [0.25, 0.3) is 0 Å². The summed E-state index contributed by atoms with van der Waals surface area (Å²) in [4.78, 5) is 2.62. The molecule has 2 spiro atoms. The Kier molecular flexibility index (Phi) is 5.19. The molecule has 2 aliphatic heterocycles. The van der Waals surface area contributed by atoms with E-state index in [2.05, 4.69) is 61.9 Å². The van der Waals surface area contributed by atoms with Crippen LogP contribution in [0.4, 0.5) is 0 Å². The normalized spacial score (nSPS) is 35.5. The zero-order chi connectivity index (χ0) is 26.2. The van der Waals surface area contributed by atoms with Gasteiger partial charge in [0.25, 0.3) is 0 Å². The number of likely N-dealkylation sites (tertiary alicyclic amines) is 1. The smallest absolute Gasteiger partial charge is 0.188 e. The molecule has 4 bridgehead atoms. The SMILES string of the molecule is COc1ccc2c3c1O[C@H]1[C@@]4(OC)CC[C@@]5(C[C@@H]4COCc4ccccc4)[C@@H](C2)N(Cc2nn[nH]n2)CC[C@]315. The van der Waals surface area contributed by atoms with Gasteiger partial charge in [-0.15, -0.1) is 10.2 Å². The Hall–Kier alpha value is -3.01. The van der Waals surface area contributed by atoms with Crippen LogP contribution in [0.3, 0.4) is 0 Å². The predicted octanol–water partition coefficient (Wildman–Crippen LogP) is 3.44. The van der Waals surface area contributed by atoms with E-state index in [0.717, 1.165) is 56.0 Å². The highest BCUT2D eigenvalue weighted by molar-refractivity contribution is 5.63. The number of aromatic amines is 1. The summed E-state index contributed by atoms with van der Waals surface area (Å²) in [7, 11) is 3.63. The highest BCUT2D eigenvalue weighted by atomic mass is 16.6. The number of benzene rings is 2. The fraction of sp³-hybridized carbons (Fsp3) is 0.567. The molecule has 9 heteroatoms. The van der Waals surface area contributed by atoms with Crippen LogP contribution in [-0.2, 0) is 34.5 Å². The number of hydrogen-bond donors (Lipinski definition) is 1. The average molecular weight is 530 g/mol. The second-order valence-corrected chi connectivity index (χ2v) is 12.1. The summed E-state index contributed by atoms with van der Waals surface area (Å²) in [6, 6.07) is 15.1. The van der Waals surface area contributed by atoms with Crippen LogP contribution >= 0.6 is 0 Å². The van der Waals surface area contributed by atoms with Gasteiger partial charge >= 0.3 is 0 Å². The van der Waals surface area contributed by atoms with Gasteiger partial charge in [0.15, 0.2) is 17.3 Å². The molecular formula is C30H35N5O4. The zero-order valence-corrected chi connectivity index (χ0v) is 22.6. The van der Waals surface area contributed by atoms with Crippen molar-refractivity contribution in [3.8, 4) is 11.5 Å². The van der Waals surface area contributed by atoms with Crippen molar-refractivity contribution in [2.75, 3.05) is 27.4 Å². The van der Waals surface area contributed by atoms with Crippen molar-refractivity contribution >= 4 is 0 Å². The maximum Gasteiger partial charge on any atom is 0.188 e. The third-order valence-corrected chi connectivity index (χ3v) is 11.0. The van der Waals surface area contributed by atoms with E-state index in [9.17, 15) is 0 Å². The van der Waals surface area contributed by atoms with E-state index < -0.39 is 5.60 Å². The van der Waals surface area contributed by atoms with Gasteiger partial charge in [0.1, 0.15) is 11.7 Å². The standard InChI is InChI=1S/C30H35N5O4/c1-36-22-9-8-20-14-23-28-10-11-30(37-2,21(15-28)18-38-17-19-6-4-3-5-7-19)27-29(28,25(20)26(22)39-27)12-13-35(23)16-24-31-33-34-32-24/h3-9,21,23,27H,10-18H2,1-2H3,(H,31,32,33,34)/t21-,23-,27-,28-,29+,30-/m1/s1. The molecule has 0 unspecified atom stereocenters. The summed E-state index contributed by atoms with van der Waals surface area (Å²) in [5, 5.41) is 15.1. The lowest BCUT2D eigenvalue weighted by Crippen LogP contribution is -2.81. The second-order valence-electron chi connectivity index (χ2n) is 12.1. The van der Waals surface area contributed by atoms with Gasteiger partial charge in [0.05, 0.1) is 26.9 Å². The van der Waals surface area contributed by atoms with E-state index in [0.29, 0.717) is 25.8 Å². The van der Waals surface area contributed by atoms with Gasteiger partial charge in [-0.05, 0) is 55.8 Å². The highest BCUT2D eigenvalue weighted by Crippen LogP contribution is 2.76. The van der Waals surface area contributed by atoms with E-state index in [1.807, 2.05) is 13.2 Å². The molecule has 1 N–H and O–H groups in total. The number of tetrazole rings is 1. The van der Waals surface area contributed by atoms with Crippen molar-refractivity contribution in [3.63, 3.8) is 0 Å². The number of methoxy groups -OCH3 is 2. The molecule has 204 valence electrons. The van der Waals surface area contributed by atoms with Crippen LogP contribution < -0.4 is 9.47 Å². The summed E-state index contributed by atoms with van der Waals surface area (Å²) in [5.74, 6) is 2.77. The van der Waals surface area contributed by atoms with E-state index in [-0.39, 0.29) is 22.9 Å².